The van der Waals surface area contributed by atoms with Gasteiger partial charge in [0.25, 0.3) is 0 Å². The predicted octanol–water partition coefficient (Wildman–Crippen LogP) is 1.72. The zero-order valence-electron chi connectivity index (χ0n) is 9.55. The summed E-state index contributed by atoms with van der Waals surface area (Å²) in [7, 11) is 1.60. The van der Waals surface area contributed by atoms with Crippen LogP contribution in [-0.2, 0) is 13.2 Å². The number of nitrogens with two attached hydrogens (primary N) is 1. The van der Waals surface area contributed by atoms with Crippen LogP contribution in [0.2, 0.25) is 0 Å². The van der Waals surface area contributed by atoms with Crippen LogP contribution in [0.1, 0.15) is 11.3 Å². The smallest absolute Gasteiger partial charge is 0.174 e. The van der Waals surface area contributed by atoms with Gasteiger partial charge in [-0.1, -0.05) is 11.2 Å². The Morgan fingerprint density at radius 2 is 2.18 bits per heavy atom. The minimum absolute atomic E-state index is 0.310. The first-order chi connectivity index (χ1) is 8.33. The molecule has 1 heterocycles. The van der Waals surface area contributed by atoms with Gasteiger partial charge >= 0.3 is 0 Å². The Balaban J connectivity index is 2.12. The molecule has 5 heteroatoms. The van der Waals surface area contributed by atoms with Crippen molar-refractivity contribution >= 4 is 0 Å². The quantitative estimate of drug-likeness (QED) is 0.852. The summed E-state index contributed by atoms with van der Waals surface area (Å²) < 4.78 is 15.7. The largest absolute Gasteiger partial charge is 0.493 e. The highest BCUT2D eigenvalue weighted by Crippen LogP contribution is 2.28. The maximum absolute atomic E-state index is 5.60. The number of rotatable bonds is 5. The summed E-state index contributed by atoms with van der Waals surface area (Å²) in [6.07, 6.45) is 1.58. The van der Waals surface area contributed by atoms with Crippen molar-refractivity contribution in [3.8, 4) is 11.5 Å². The van der Waals surface area contributed by atoms with Crippen LogP contribution >= 0.6 is 0 Å². The van der Waals surface area contributed by atoms with E-state index in [9.17, 15) is 0 Å². The van der Waals surface area contributed by atoms with Gasteiger partial charge in [0, 0.05) is 12.6 Å². The minimum atomic E-state index is 0.310. The van der Waals surface area contributed by atoms with Gasteiger partial charge in [0.05, 0.1) is 13.3 Å². The molecule has 0 saturated carbocycles. The fraction of sp³-hybridized carbons (Fsp3) is 0.250. The van der Waals surface area contributed by atoms with Crippen LogP contribution in [-0.4, -0.2) is 12.3 Å². The van der Waals surface area contributed by atoms with Crippen molar-refractivity contribution in [3.63, 3.8) is 0 Å². The van der Waals surface area contributed by atoms with Gasteiger partial charge in [-0.05, 0) is 17.7 Å². The highest BCUT2D eigenvalue weighted by atomic mass is 16.5. The van der Waals surface area contributed by atoms with Gasteiger partial charge in [0.2, 0.25) is 0 Å². The summed E-state index contributed by atoms with van der Waals surface area (Å²) in [5, 5.41) is 3.60. The molecular weight excluding hydrogens is 220 g/mol. The first-order valence-corrected chi connectivity index (χ1v) is 5.23. The Morgan fingerprint density at radius 3 is 2.82 bits per heavy atom. The van der Waals surface area contributed by atoms with Gasteiger partial charge in [0.15, 0.2) is 17.3 Å². The molecule has 0 bridgehead atoms. The molecule has 0 aliphatic heterocycles. The fourth-order valence-electron chi connectivity index (χ4n) is 1.43. The molecule has 5 nitrogen and oxygen atoms in total. The number of nitrogens with zero attached hydrogens (tertiary/aromatic N) is 1. The Hall–Kier alpha value is -2.01. The number of hydrogen-bond donors (Lipinski definition) is 1. The molecule has 0 unspecified atom stereocenters. The topological polar surface area (TPSA) is 70.5 Å². The van der Waals surface area contributed by atoms with E-state index < -0.39 is 0 Å². The Morgan fingerprint density at radius 1 is 1.29 bits per heavy atom. The van der Waals surface area contributed by atoms with Crippen molar-refractivity contribution < 1.29 is 14.0 Å². The molecule has 2 N–H and O–H groups in total. The highest BCUT2D eigenvalue weighted by Gasteiger charge is 2.06. The van der Waals surface area contributed by atoms with Crippen LogP contribution in [0.25, 0.3) is 0 Å². The van der Waals surface area contributed by atoms with Crippen molar-refractivity contribution in [3.05, 3.63) is 41.8 Å². The molecule has 1 aromatic heterocycles. The molecule has 0 fully saturated rings. The van der Waals surface area contributed by atoms with Gasteiger partial charge in [-0.25, -0.2) is 0 Å². The number of hydrogen-bond acceptors (Lipinski definition) is 5. The van der Waals surface area contributed by atoms with E-state index in [4.69, 9.17) is 19.7 Å². The summed E-state index contributed by atoms with van der Waals surface area (Å²) in [5.74, 6) is 1.97. The summed E-state index contributed by atoms with van der Waals surface area (Å²) in [6.45, 7) is 0.771. The molecule has 17 heavy (non-hydrogen) atoms. The monoisotopic (exact) mass is 234 g/mol. The number of aromatic nitrogens is 1. The van der Waals surface area contributed by atoms with Gasteiger partial charge in [-0.2, -0.15) is 0 Å². The molecule has 1 aromatic carbocycles. The second kappa shape index (κ2) is 5.36. The van der Waals surface area contributed by atoms with Gasteiger partial charge in [-0.3, -0.25) is 0 Å². The van der Waals surface area contributed by atoms with Gasteiger partial charge < -0.3 is 19.7 Å². The Labute approximate surface area is 99.1 Å². The molecule has 0 saturated heterocycles. The van der Waals surface area contributed by atoms with Crippen LogP contribution in [0.5, 0.6) is 11.5 Å². The third-order valence-electron chi connectivity index (χ3n) is 2.32. The summed E-state index contributed by atoms with van der Waals surface area (Å²) in [6, 6.07) is 7.34. The Bertz CT molecular complexity index is 469. The molecule has 2 rings (SSSR count). The molecule has 90 valence electrons. The van der Waals surface area contributed by atoms with E-state index >= 15 is 0 Å². The van der Waals surface area contributed by atoms with E-state index in [0.717, 1.165) is 5.56 Å². The minimum Gasteiger partial charge on any atom is -0.493 e. The maximum atomic E-state index is 5.60. The third kappa shape index (κ3) is 2.76. The lowest BCUT2D eigenvalue weighted by molar-refractivity contribution is 0.239. The standard InChI is InChI=1S/C12H14N2O3/c1-15-11-3-2-9(7-13)6-12(11)16-8-10-4-5-14-17-10/h2-6H,7-8,13H2,1H3. The average molecular weight is 234 g/mol. The fourth-order valence-corrected chi connectivity index (χ4v) is 1.43. The van der Waals surface area contributed by atoms with E-state index in [1.54, 1.807) is 19.4 Å². The molecule has 0 aliphatic carbocycles. The number of benzene rings is 1. The van der Waals surface area contributed by atoms with Crippen LogP contribution in [0, 0.1) is 0 Å². The van der Waals surface area contributed by atoms with Crippen LogP contribution < -0.4 is 15.2 Å². The van der Waals surface area contributed by atoms with Gasteiger partial charge in [-0.15, -0.1) is 0 Å². The number of methoxy groups -OCH3 is 1. The van der Waals surface area contributed by atoms with E-state index in [0.29, 0.717) is 30.4 Å². The lowest BCUT2D eigenvalue weighted by Crippen LogP contribution is -2.00. The van der Waals surface area contributed by atoms with E-state index in [2.05, 4.69) is 5.16 Å². The highest BCUT2D eigenvalue weighted by molar-refractivity contribution is 5.42. The molecule has 0 amide bonds. The lowest BCUT2D eigenvalue weighted by Gasteiger charge is -2.10. The average Bonchev–Trinajstić information content (AvgIpc) is 2.89. The van der Waals surface area contributed by atoms with Gasteiger partial charge in [0.1, 0.15) is 6.61 Å². The van der Waals surface area contributed by atoms with Crippen molar-refractivity contribution in [2.75, 3.05) is 7.11 Å². The van der Waals surface area contributed by atoms with E-state index in [1.807, 2.05) is 18.2 Å². The molecule has 0 spiro atoms. The lowest BCUT2D eigenvalue weighted by atomic mass is 10.2. The van der Waals surface area contributed by atoms with Crippen LogP contribution in [0.15, 0.2) is 35.0 Å². The number of ether oxygens (including phenoxy) is 2. The van der Waals surface area contributed by atoms with Crippen molar-refractivity contribution in [1.29, 1.82) is 0 Å². The Kier molecular flexibility index (Phi) is 3.62. The zero-order chi connectivity index (χ0) is 12.1. The molecule has 0 atom stereocenters. The van der Waals surface area contributed by atoms with E-state index in [-0.39, 0.29) is 0 Å². The van der Waals surface area contributed by atoms with Crippen molar-refractivity contribution in [1.82, 2.24) is 5.16 Å². The zero-order valence-corrected chi connectivity index (χ0v) is 9.55. The summed E-state index contributed by atoms with van der Waals surface area (Å²) in [5.41, 5.74) is 6.56. The van der Waals surface area contributed by atoms with Crippen molar-refractivity contribution in [2.45, 2.75) is 13.2 Å². The second-order valence-electron chi connectivity index (χ2n) is 3.46. The molecular formula is C12H14N2O3. The van der Waals surface area contributed by atoms with Crippen LogP contribution in [0.3, 0.4) is 0 Å². The third-order valence-corrected chi connectivity index (χ3v) is 2.32. The summed E-state index contributed by atoms with van der Waals surface area (Å²) in [4.78, 5) is 0. The molecule has 2 aromatic rings. The first-order valence-electron chi connectivity index (χ1n) is 5.23. The SMILES string of the molecule is COc1ccc(CN)cc1OCc1ccno1. The molecule has 0 aliphatic rings. The first kappa shape index (κ1) is 11.5. The van der Waals surface area contributed by atoms with Crippen LogP contribution in [0.4, 0.5) is 0 Å². The van der Waals surface area contributed by atoms with E-state index in [1.165, 1.54) is 0 Å². The van der Waals surface area contributed by atoms with Crippen molar-refractivity contribution in [2.24, 2.45) is 5.73 Å². The molecule has 0 radical (unpaired) electrons. The maximum Gasteiger partial charge on any atom is 0.174 e. The predicted molar refractivity (Wildman–Crippen MR) is 61.7 cm³/mol. The second-order valence-corrected chi connectivity index (χ2v) is 3.46. The normalized spacial score (nSPS) is 10.2. The summed E-state index contributed by atoms with van der Waals surface area (Å²) >= 11 is 0.